The minimum atomic E-state index is 0.0986. The lowest BCUT2D eigenvalue weighted by Gasteiger charge is -2.34. The van der Waals surface area contributed by atoms with Gasteiger partial charge in [-0.3, -0.25) is 9.69 Å². The van der Waals surface area contributed by atoms with Gasteiger partial charge in [0.15, 0.2) is 0 Å². The van der Waals surface area contributed by atoms with Crippen LogP contribution >= 0.6 is 23.1 Å². The lowest BCUT2D eigenvalue weighted by molar-refractivity contribution is -0.130. The maximum Gasteiger partial charge on any atom is 0.271 e. The van der Waals surface area contributed by atoms with Crippen LogP contribution in [0.5, 0.6) is 0 Å². The number of nitrogens with two attached hydrogens (primary N) is 1. The van der Waals surface area contributed by atoms with Crippen molar-refractivity contribution in [1.82, 2.24) is 34.5 Å². The maximum absolute atomic E-state index is 12.6. The fourth-order valence-corrected chi connectivity index (χ4v) is 4.84. The van der Waals surface area contributed by atoms with E-state index in [1.165, 1.54) is 21.3 Å². The Hall–Kier alpha value is -2.37. The summed E-state index contributed by atoms with van der Waals surface area (Å²) in [5.74, 6) is 6.97. The van der Waals surface area contributed by atoms with Gasteiger partial charge >= 0.3 is 0 Å². The summed E-state index contributed by atoms with van der Waals surface area (Å²) in [6.45, 7) is 8.08. The smallest absolute Gasteiger partial charge is 0.271 e. The first kappa shape index (κ1) is 19.9. The molecule has 1 fully saturated rings. The number of aryl methyl sites for hydroxylation is 2. The van der Waals surface area contributed by atoms with Gasteiger partial charge in [0.25, 0.3) is 5.95 Å². The molecule has 2 N–H and O–H groups in total. The molecule has 154 valence electrons. The average molecular weight is 433 g/mol. The number of carbonyl (C=O) groups excluding carboxylic acids is 1. The SMILES string of the molecule is Cc1cc(C)n(-c2nnc(SCC(=O)N3CCN(Cc4cccs4)CC3)n2N)n1. The van der Waals surface area contributed by atoms with Crippen LogP contribution in [-0.2, 0) is 11.3 Å². The lowest BCUT2D eigenvalue weighted by Crippen LogP contribution is -2.48. The maximum atomic E-state index is 12.6. The summed E-state index contributed by atoms with van der Waals surface area (Å²) < 4.78 is 3.04. The van der Waals surface area contributed by atoms with Gasteiger partial charge in [-0.25, -0.2) is 9.36 Å². The van der Waals surface area contributed by atoms with Crippen LogP contribution in [0.2, 0.25) is 0 Å². The van der Waals surface area contributed by atoms with Gasteiger partial charge in [0.2, 0.25) is 11.1 Å². The van der Waals surface area contributed by atoms with E-state index in [1.54, 1.807) is 16.0 Å². The molecule has 3 aromatic heterocycles. The Balaban J connectivity index is 1.30. The Bertz CT molecular complexity index is 972. The molecule has 0 atom stereocenters. The molecule has 1 aliphatic rings. The van der Waals surface area contributed by atoms with Gasteiger partial charge in [0.1, 0.15) is 0 Å². The highest BCUT2D eigenvalue weighted by Crippen LogP contribution is 2.19. The van der Waals surface area contributed by atoms with Crippen LogP contribution in [0.3, 0.4) is 0 Å². The van der Waals surface area contributed by atoms with Gasteiger partial charge in [0, 0.05) is 43.3 Å². The van der Waals surface area contributed by atoms with Gasteiger partial charge in [0.05, 0.1) is 11.4 Å². The predicted octanol–water partition coefficient (Wildman–Crippen LogP) is 1.29. The molecule has 29 heavy (non-hydrogen) atoms. The number of thiophene rings is 1. The molecule has 0 saturated carbocycles. The highest BCUT2D eigenvalue weighted by molar-refractivity contribution is 7.99. The second-order valence-electron chi connectivity index (χ2n) is 7.02. The van der Waals surface area contributed by atoms with Crippen molar-refractivity contribution in [2.75, 3.05) is 37.8 Å². The van der Waals surface area contributed by atoms with Crippen LogP contribution in [-0.4, -0.2) is 72.3 Å². The van der Waals surface area contributed by atoms with E-state index in [9.17, 15) is 4.79 Å². The number of piperazine rings is 1. The molecule has 0 spiro atoms. The van der Waals surface area contributed by atoms with Crippen molar-refractivity contribution in [2.24, 2.45) is 0 Å². The number of nitrogen functional groups attached to an aromatic ring is 1. The van der Waals surface area contributed by atoms with Crippen molar-refractivity contribution < 1.29 is 4.79 Å². The van der Waals surface area contributed by atoms with E-state index in [4.69, 9.17) is 5.84 Å². The third kappa shape index (κ3) is 4.46. The molecule has 4 heterocycles. The molecule has 9 nitrogen and oxygen atoms in total. The molecule has 0 aromatic carbocycles. The van der Waals surface area contributed by atoms with Gasteiger partial charge < -0.3 is 10.7 Å². The topological polar surface area (TPSA) is 98.1 Å². The lowest BCUT2D eigenvalue weighted by atomic mass is 10.3. The van der Waals surface area contributed by atoms with E-state index < -0.39 is 0 Å². The Morgan fingerprint density at radius 1 is 1.24 bits per heavy atom. The summed E-state index contributed by atoms with van der Waals surface area (Å²) in [7, 11) is 0. The van der Waals surface area contributed by atoms with Crippen molar-refractivity contribution in [1.29, 1.82) is 0 Å². The number of hydrogen-bond acceptors (Lipinski definition) is 8. The van der Waals surface area contributed by atoms with E-state index in [-0.39, 0.29) is 11.7 Å². The number of carbonyl (C=O) groups is 1. The fourth-order valence-electron chi connectivity index (χ4n) is 3.34. The van der Waals surface area contributed by atoms with E-state index >= 15 is 0 Å². The predicted molar refractivity (Wildman–Crippen MR) is 114 cm³/mol. The van der Waals surface area contributed by atoms with E-state index in [0.717, 1.165) is 44.1 Å². The van der Waals surface area contributed by atoms with Gasteiger partial charge in [-0.2, -0.15) is 5.10 Å². The van der Waals surface area contributed by atoms with Crippen molar-refractivity contribution in [3.8, 4) is 5.95 Å². The Morgan fingerprint density at radius 2 is 2.03 bits per heavy atom. The molecule has 1 amide bonds. The zero-order valence-corrected chi connectivity index (χ0v) is 18.1. The quantitative estimate of drug-likeness (QED) is 0.463. The van der Waals surface area contributed by atoms with Crippen molar-refractivity contribution >= 4 is 29.0 Å². The molecule has 3 aromatic rings. The monoisotopic (exact) mass is 432 g/mol. The second kappa shape index (κ2) is 8.56. The minimum absolute atomic E-state index is 0.0986. The number of rotatable bonds is 6. The van der Waals surface area contributed by atoms with Gasteiger partial charge in [-0.1, -0.05) is 17.8 Å². The summed E-state index contributed by atoms with van der Waals surface area (Å²) in [6.07, 6.45) is 0. The molecule has 0 unspecified atom stereocenters. The molecule has 0 aliphatic carbocycles. The number of amides is 1. The van der Waals surface area contributed by atoms with Crippen LogP contribution < -0.4 is 5.84 Å². The minimum Gasteiger partial charge on any atom is -0.339 e. The Kier molecular flexibility index (Phi) is 5.88. The molecule has 1 aliphatic heterocycles. The average Bonchev–Trinajstić information content (AvgIpc) is 3.42. The summed E-state index contributed by atoms with van der Waals surface area (Å²) >= 11 is 3.08. The summed E-state index contributed by atoms with van der Waals surface area (Å²) in [5.41, 5.74) is 1.81. The molecule has 0 bridgehead atoms. The third-order valence-corrected chi connectivity index (χ3v) is 6.64. The molecule has 4 rings (SSSR count). The van der Waals surface area contributed by atoms with Gasteiger partial charge in [-0.05, 0) is 31.4 Å². The highest BCUT2D eigenvalue weighted by Gasteiger charge is 2.22. The molecular formula is C18H24N8OS2. The second-order valence-corrected chi connectivity index (χ2v) is 8.99. The van der Waals surface area contributed by atoms with Crippen LogP contribution in [0.15, 0.2) is 28.7 Å². The largest absolute Gasteiger partial charge is 0.339 e. The normalized spacial score (nSPS) is 15.2. The van der Waals surface area contributed by atoms with E-state index in [0.29, 0.717) is 11.1 Å². The molecule has 11 heteroatoms. The number of aromatic nitrogens is 5. The van der Waals surface area contributed by atoms with E-state index in [2.05, 4.69) is 37.7 Å². The standard InChI is InChI=1S/C18H24N8OS2/c1-13-10-14(2)26(22-13)17-20-21-18(25(17)19)29-12-16(27)24-7-5-23(6-8-24)11-15-4-3-9-28-15/h3-4,9-10H,5-8,11-12,19H2,1-2H3. The molecule has 1 saturated heterocycles. The van der Waals surface area contributed by atoms with Crippen LogP contribution in [0.25, 0.3) is 5.95 Å². The van der Waals surface area contributed by atoms with Crippen LogP contribution in [0, 0.1) is 13.8 Å². The van der Waals surface area contributed by atoms with Crippen molar-refractivity contribution in [2.45, 2.75) is 25.5 Å². The molecular weight excluding hydrogens is 408 g/mol. The molecule has 0 radical (unpaired) electrons. The Morgan fingerprint density at radius 3 is 2.69 bits per heavy atom. The van der Waals surface area contributed by atoms with Crippen molar-refractivity contribution in [3.05, 3.63) is 39.8 Å². The van der Waals surface area contributed by atoms with Crippen LogP contribution in [0.4, 0.5) is 0 Å². The zero-order valence-electron chi connectivity index (χ0n) is 16.5. The summed E-state index contributed by atoms with van der Waals surface area (Å²) in [4.78, 5) is 18.3. The number of thioether (sulfide) groups is 1. The third-order valence-electron chi connectivity index (χ3n) is 4.85. The fraction of sp³-hybridized carbons (Fsp3) is 0.444. The first-order chi connectivity index (χ1) is 14.0. The summed E-state index contributed by atoms with van der Waals surface area (Å²) in [5, 5.41) is 15.2. The first-order valence-corrected chi connectivity index (χ1v) is 11.3. The van der Waals surface area contributed by atoms with Crippen molar-refractivity contribution in [3.63, 3.8) is 0 Å². The summed E-state index contributed by atoms with van der Waals surface area (Å²) in [6, 6.07) is 6.18. The Labute approximate surface area is 177 Å². The first-order valence-electron chi connectivity index (χ1n) is 9.40. The van der Waals surface area contributed by atoms with Crippen LogP contribution in [0.1, 0.15) is 16.3 Å². The number of hydrogen-bond donors (Lipinski definition) is 1. The van der Waals surface area contributed by atoms with E-state index in [1.807, 2.05) is 24.8 Å². The number of nitrogens with zero attached hydrogens (tertiary/aromatic N) is 7. The highest BCUT2D eigenvalue weighted by atomic mass is 32.2. The zero-order chi connectivity index (χ0) is 20.4. The van der Waals surface area contributed by atoms with Gasteiger partial charge in [-0.15, -0.1) is 21.5 Å².